The first-order chi connectivity index (χ1) is 11.8. The molecule has 3 nitrogen and oxygen atoms in total. The summed E-state index contributed by atoms with van der Waals surface area (Å²) in [4.78, 5) is 15.0. The van der Waals surface area contributed by atoms with Gasteiger partial charge in [0.05, 0.1) is 17.3 Å². The van der Waals surface area contributed by atoms with Gasteiger partial charge in [-0.15, -0.1) is 0 Å². The van der Waals surface area contributed by atoms with Gasteiger partial charge in [0.15, 0.2) is 0 Å². The summed E-state index contributed by atoms with van der Waals surface area (Å²) < 4.78 is 0. The van der Waals surface area contributed by atoms with Gasteiger partial charge in [0.2, 0.25) is 5.91 Å². The zero-order valence-electron chi connectivity index (χ0n) is 13.7. The number of para-hydroxylation sites is 2. The van der Waals surface area contributed by atoms with Gasteiger partial charge in [0.25, 0.3) is 0 Å². The Labute approximate surface area is 143 Å². The molecule has 1 aliphatic heterocycles. The van der Waals surface area contributed by atoms with Crippen LogP contribution in [0.5, 0.6) is 0 Å². The predicted octanol–water partition coefficient (Wildman–Crippen LogP) is 4.33. The topological polar surface area (TPSA) is 32.3 Å². The molecule has 0 aromatic heterocycles. The van der Waals surface area contributed by atoms with Crippen LogP contribution in [0.4, 0.5) is 11.4 Å². The standard InChI is InChI=1S/C21H22N2O/c24-21-17-11-6-13-18(17)22-19-12-4-5-14-20(19)23(21)15-7-10-16-8-2-1-3-9-16/h1-5,7-10,12,14,17-18,22H,6,11,13,15H2/b10-7+. The number of anilines is 2. The summed E-state index contributed by atoms with van der Waals surface area (Å²) in [6.45, 7) is 0.607. The summed E-state index contributed by atoms with van der Waals surface area (Å²) in [5, 5.41) is 3.60. The molecule has 122 valence electrons. The van der Waals surface area contributed by atoms with E-state index in [1.807, 2.05) is 41.3 Å². The van der Waals surface area contributed by atoms with Crippen LogP contribution in [0.3, 0.4) is 0 Å². The summed E-state index contributed by atoms with van der Waals surface area (Å²) >= 11 is 0. The van der Waals surface area contributed by atoms with Crippen molar-refractivity contribution in [2.75, 3.05) is 16.8 Å². The fraction of sp³-hybridized carbons (Fsp3) is 0.286. The van der Waals surface area contributed by atoms with Gasteiger partial charge < -0.3 is 10.2 Å². The zero-order valence-corrected chi connectivity index (χ0v) is 13.7. The predicted molar refractivity (Wildman–Crippen MR) is 99.0 cm³/mol. The smallest absolute Gasteiger partial charge is 0.232 e. The van der Waals surface area contributed by atoms with Gasteiger partial charge in [-0.1, -0.05) is 61.0 Å². The number of nitrogens with one attached hydrogen (secondary N) is 1. The van der Waals surface area contributed by atoms with E-state index in [2.05, 4.69) is 35.7 Å². The van der Waals surface area contributed by atoms with Crippen molar-refractivity contribution < 1.29 is 4.79 Å². The van der Waals surface area contributed by atoms with Crippen molar-refractivity contribution >= 4 is 23.4 Å². The molecule has 0 spiro atoms. The van der Waals surface area contributed by atoms with Crippen LogP contribution < -0.4 is 10.2 Å². The molecule has 24 heavy (non-hydrogen) atoms. The molecule has 2 aliphatic rings. The lowest BCUT2D eigenvalue weighted by Crippen LogP contribution is -2.38. The van der Waals surface area contributed by atoms with E-state index in [0.717, 1.165) is 36.2 Å². The Morgan fingerprint density at radius 2 is 1.83 bits per heavy atom. The number of fused-ring (bicyclic) bond motifs is 2. The highest BCUT2D eigenvalue weighted by molar-refractivity contribution is 6.00. The minimum atomic E-state index is 0.0996. The van der Waals surface area contributed by atoms with Crippen LogP contribution >= 0.6 is 0 Å². The van der Waals surface area contributed by atoms with Crippen molar-refractivity contribution in [3.8, 4) is 0 Å². The van der Waals surface area contributed by atoms with E-state index in [0.29, 0.717) is 6.54 Å². The van der Waals surface area contributed by atoms with Crippen molar-refractivity contribution in [1.82, 2.24) is 0 Å². The van der Waals surface area contributed by atoms with E-state index < -0.39 is 0 Å². The largest absolute Gasteiger partial charge is 0.380 e. The molecule has 1 aliphatic carbocycles. The molecule has 1 fully saturated rings. The fourth-order valence-electron chi connectivity index (χ4n) is 3.82. The van der Waals surface area contributed by atoms with Gasteiger partial charge in [0.1, 0.15) is 0 Å². The summed E-state index contributed by atoms with van der Waals surface area (Å²) in [6, 6.07) is 18.6. The number of nitrogens with zero attached hydrogens (tertiary/aromatic N) is 1. The maximum absolute atomic E-state index is 13.1. The average Bonchev–Trinajstić information content (AvgIpc) is 3.04. The molecule has 2 atom stereocenters. The molecule has 2 unspecified atom stereocenters. The van der Waals surface area contributed by atoms with Crippen LogP contribution in [0.1, 0.15) is 24.8 Å². The maximum atomic E-state index is 13.1. The molecule has 1 amide bonds. The minimum absolute atomic E-state index is 0.0996. The first-order valence-electron chi connectivity index (χ1n) is 8.71. The maximum Gasteiger partial charge on any atom is 0.232 e. The molecule has 0 bridgehead atoms. The molecule has 3 heteroatoms. The third-order valence-corrected chi connectivity index (χ3v) is 5.03. The van der Waals surface area contributed by atoms with Gasteiger partial charge >= 0.3 is 0 Å². The van der Waals surface area contributed by atoms with Gasteiger partial charge in [-0.05, 0) is 30.5 Å². The molecule has 1 saturated carbocycles. The third kappa shape index (κ3) is 2.82. The Balaban J connectivity index is 1.62. The van der Waals surface area contributed by atoms with Gasteiger partial charge in [-0.25, -0.2) is 0 Å². The lowest BCUT2D eigenvalue weighted by molar-refractivity contribution is -0.122. The van der Waals surface area contributed by atoms with Gasteiger partial charge in [-0.2, -0.15) is 0 Å². The van der Waals surface area contributed by atoms with E-state index in [4.69, 9.17) is 0 Å². The van der Waals surface area contributed by atoms with E-state index >= 15 is 0 Å². The van der Waals surface area contributed by atoms with Gasteiger partial charge in [0, 0.05) is 12.6 Å². The van der Waals surface area contributed by atoms with Crippen LogP contribution in [-0.4, -0.2) is 18.5 Å². The normalized spacial score (nSPS) is 22.8. The van der Waals surface area contributed by atoms with E-state index in [-0.39, 0.29) is 17.9 Å². The second-order valence-corrected chi connectivity index (χ2v) is 6.57. The van der Waals surface area contributed by atoms with Gasteiger partial charge in [-0.3, -0.25) is 4.79 Å². The Morgan fingerprint density at radius 3 is 2.71 bits per heavy atom. The minimum Gasteiger partial charge on any atom is -0.380 e. The second kappa shape index (κ2) is 6.52. The van der Waals surface area contributed by atoms with Crippen LogP contribution in [-0.2, 0) is 4.79 Å². The number of rotatable bonds is 3. The SMILES string of the molecule is O=C1C2CCCC2Nc2ccccc2N1C/C=C/c1ccccc1. The lowest BCUT2D eigenvalue weighted by Gasteiger charge is -2.23. The molecular formula is C21H22N2O. The number of benzene rings is 2. The molecular weight excluding hydrogens is 296 g/mol. The number of carbonyl (C=O) groups is 1. The van der Waals surface area contributed by atoms with Crippen molar-refractivity contribution in [2.24, 2.45) is 5.92 Å². The quantitative estimate of drug-likeness (QED) is 0.913. The number of hydrogen-bond acceptors (Lipinski definition) is 2. The Morgan fingerprint density at radius 1 is 1.04 bits per heavy atom. The molecule has 0 saturated heterocycles. The Hall–Kier alpha value is -2.55. The van der Waals surface area contributed by atoms with E-state index in [1.165, 1.54) is 0 Å². The monoisotopic (exact) mass is 318 g/mol. The highest BCUT2D eigenvalue weighted by Crippen LogP contribution is 2.38. The summed E-state index contributed by atoms with van der Waals surface area (Å²) in [6.07, 6.45) is 7.37. The van der Waals surface area contributed by atoms with Crippen molar-refractivity contribution in [3.63, 3.8) is 0 Å². The van der Waals surface area contributed by atoms with Crippen LogP contribution in [0.25, 0.3) is 6.08 Å². The number of carbonyl (C=O) groups excluding carboxylic acids is 1. The summed E-state index contributed by atoms with van der Waals surface area (Å²) in [5.74, 6) is 0.357. The molecule has 2 aromatic carbocycles. The zero-order chi connectivity index (χ0) is 16.4. The second-order valence-electron chi connectivity index (χ2n) is 6.57. The Bertz CT molecular complexity index is 753. The molecule has 0 radical (unpaired) electrons. The lowest BCUT2D eigenvalue weighted by atomic mass is 10.0. The van der Waals surface area contributed by atoms with Crippen LogP contribution in [0.2, 0.25) is 0 Å². The molecule has 1 heterocycles. The molecule has 1 N–H and O–H groups in total. The first-order valence-corrected chi connectivity index (χ1v) is 8.71. The van der Waals surface area contributed by atoms with E-state index in [9.17, 15) is 4.79 Å². The average molecular weight is 318 g/mol. The third-order valence-electron chi connectivity index (χ3n) is 5.03. The van der Waals surface area contributed by atoms with Crippen molar-refractivity contribution in [1.29, 1.82) is 0 Å². The fourth-order valence-corrected chi connectivity index (χ4v) is 3.82. The number of hydrogen-bond donors (Lipinski definition) is 1. The van der Waals surface area contributed by atoms with Crippen molar-refractivity contribution in [2.45, 2.75) is 25.3 Å². The van der Waals surface area contributed by atoms with Crippen LogP contribution in [0, 0.1) is 5.92 Å². The highest BCUT2D eigenvalue weighted by Gasteiger charge is 2.39. The first kappa shape index (κ1) is 15.0. The van der Waals surface area contributed by atoms with Crippen molar-refractivity contribution in [3.05, 3.63) is 66.2 Å². The summed E-state index contributed by atoms with van der Waals surface area (Å²) in [7, 11) is 0. The molecule has 2 aromatic rings. The summed E-state index contributed by atoms with van der Waals surface area (Å²) in [5.41, 5.74) is 3.23. The molecule has 4 rings (SSSR count). The highest BCUT2D eigenvalue weighted by atomic mass is 16.2. The van der Waals surface area contributed by atoms with Crippen LogP contribution in [0.15, 0.2) is 60.7 Å². The Kier molecular flexibility index (Phi) is 4.08. The van der Waals surface area contributed by atoms with E-state index in [1.54, 1.807) is 0 Å². The number of amides is 1.